The molecule has 0 atom stereocenters. The fourth-order valence-corrected chi connectivity index (χ4v) is 1.75. The van der Waals surface area contributed by atoms with E-state index in [1.807, 2.05) is 0 Å². The second-order valence-corrected chi connectivity index (χ2v) is 5.20. The molecule has 0 amide bonds. The van der Waals surface area contributed by atoms with Crippen LogP contribution in [0.25, 0.3) is 0 Å². The number of ether oxygens (including phenoxy) is 1. The van der Waals surface area contributed by atoms with E-state index in [0.29, 0.717) is 17.2 Å². The van der Waals surface area contributed by atoms with Gasteiger partial charge in [-0.1, -0.05) is 23.7 Å². The predicted octanol–water partition coefficient (Wildman–Crippen LogP) is 2.29. The van der Waals surface area contributed by atoms with Crippen molar-refractivity contribution in [3.8, 4) is 5.75 Å². The lowest BCUT2D eigenvalue weighted by molar-refractivity contribution is 0.309. The molecular weight excluding hydrogens is 239 g/mol. The van der Waals surface area contributed by atoms with Crippen molar-refractivity contribution in [1.29, 1.82) is 0 Å². The Bertz CT molecular complexity index is 363. The Labute approximate surface area is 93.0 Å². The molecular formula is C9H12ClO4P. The van der Waals surface area contributed by atoms with Crippen LogP contribution in [0.4, 0.5) is 0 Å². The minimum atomic E-state index is -3.91. The SMILES string of the molecule is O=P(O)(O)CCCOc1ccccc1Cl. The van der Waals surface area contributed by atoms with Gasteiger partial charge in [-0.25, -0.2) is 0 Å². The first kappa shape index (κ1) is 12.5. The molecule has 0 aliphatic carbocycles. The van der Waals surface area contributed by atoms with Gasteiger partial charge in [0.2, 0.25) is 0 Å². The van der Waals surface area contributed by atoms with Crippen LogP contribution in [-0.2, 0) is 4.57 Å². The molecule has 0 unspecified atom stereocenters. The summed E-state index contributed by atoms with van der Waals surface area (Å²) < 4.78 is 15.8. The van der Waals surface area contributed by atoms with Gasteiger partial charge in [0.1, 0.15) is 5.75 Å². The second kappa shape index (κ2) is 5.52. The smallest absolute Gasteiger partial charge is 0.325 e. The van der Waals surface area contributed by atoms with E-state index >= 15 is 0 Å². The van der Waals surface area contributed by atoms with Gasteiger partial charge in [-0.2, -0.15) is 0 Å². The summed E-state index contributed by atoms with van der Waals surface area (Å²) in [5.41, 5.74) is 0. The number of hydrogen-bond acceptors (Lipinski definition) is 2. The Morgan fingerprint density at radius 3 is 2.60 bits per heavy atom. The van der Waals surface area contributed by atoms with Crippen LogP contribution in [0.3, 0.4) is 0 Å². The summed E-state index contributed by atoms with van der Waals surface area (Å²) in [6.07, 6.45) is 0.132. The molecule has 1 aromatic rings. The topological polar surface area (TPSA) is 66.8 Å². The molecule has 2 N–H and O–H groups in total. The Kier molecular flexibility index (Phi) is 4.61. The lowest BCUT2D eigenvalue weighted by atomic mass is 10.3. The van der Waals surface area contributed by atoms with Gasteiger partial charge < -0.3 is 14.5 Å². The lowest BCUT2D eigenvalue weighted by Crippen LogP contribution is -2.00. The van der Waals surface area contributed by atoms with Crippen LogP contribution < -0.4 is 4.74 Å². The highest BCUT2D eigenvalue weighted by atomic mass is 35.5. The largest absolute Gasteiger partial charge is 0.492 e. The van der Waals surface area contributed by atoms with Crippen molar-refractivity contribution in [2.24, 2.45) is 0 Å². The molecule has 1 rings (SSSR count). The molecule has 0 aliphatic rings. The van der Waals surface area contributed by atoms with Gasteiger partial charge in [0.05, 0.1) is 17.8 Å². The first-order valence-electron chi connectivity index (χ1n) is 4.41. The third kappa shape index (κ3) is 5.19. The van der Waals surface area contributed by atoms with Crippen LogP contribution in [0.1, 0.15) is 6.42 Å². The summed E-state index contributed by atoms with van der Waals surface area (Å²) in [4.78, 5) is 17.2. The summed E-state index contributed by atoms with van der Waals surface area (Å²) in [6.45, 7) is 0.245. The van der Waals surface area contributed by atoms with Crippen molar-refractivity contribution < 1.29 is 19.1 Å². The number of hydrogen-bond donors (Lipinski definition) is 2. The standard InChI is InChI=1S/C9H12ClO4P/c10-8-4-1-2-5-9(8)14-6-3-7-15(11,12)13/h1-2,4-5H,3,6-7H2,(H2,11,12,13). The van der Waals surface area contributed by atoms with Crippen LogP contribution in [-0.4, -0.2) is 22.6 Å². The summed E-state index contributed by atoms with van der Waals surface area (Å²) in [5.74, 6) is 0.532. The van der Waals surface area contributed by atoms with Gasteiger partial charge in [-0.15, -0.1) is 0 Å². The quantitative estimate of drug-likeness (QED) is 0.622. The number of rotatable bonds is 5. The van der Waals surface area contributed by atoms with Gasteiger partial charge in [0.15, 0.2) is 0 Å². The van der Waals surface area contributed by atoms with Crippen molar-refractivity contribution in [1.82, 2.24) is 0 Å². The molecule has 6 heteroatoms. The number of para-hydroxylation sites is 1. The maximum absolute atomic E-state index is 10.5. The molecule has 0 aromatic heterocycles. The zero-order valence-electron chi connectivity index (χ0n) is 7.97. The third-order valence-corrected chi connectivity index (χ3v) is 2.90. The first-order valence-corrected chi connectivity index (χ1v) is 6.58. The third-order valence-electron chi connectivity index (χ3n) is 1.69. The molecule has 15 heavy (non-hydrogen) atoms. The van der Waals surface area contributed by atoms with E-state index in [9.17, 15) is 4.57 Å². The molecule has 0 saturated heterocycles. The molecule has 0 heterocycles. The predicted molar refractivity (Wildman–Crippen MR) is 58.5 cm³/mol. The van der Waals surface area contributed by atoms with Crippen molar-refractivity contribution in [2.45, 2.75) is 6.42 Å². The van der Waals surface area contributed by atoms with Crippen LogP contribution in [0.5, 0.6) is 5.75 Å². The van der Waals surface area contributed by atoms with Crippen LogP contribution in [0, 0.1) is 0 Å². The zero-order chi connectivity index (χ0) is 11.3. The molecule has 1 aromatic carbocycles. The molecule has 0 fully saturated rings. The normalized spacial score (nSPS) is 11.4. The minimum absolute atomic E-state index is 0.169. The van der Waals surface area contributed by atoms with E-state index in [2.05, 4.69) is 0 Å². The maximum atomic E-state index is 10.5. The van der Waals surface area contributed by atoms with Crippen molar-refractivity contribution in [2.75, 3.05) is 12.8 Å². The Morgan fingerprint density at radius 2 is 2.00 bits per heavy atom. The van der Waals surface area contributed by atoms with Gasteiger partial charge in [-0.3, -0.25) is 4.57 Å². The van der Waals surface area contributed by atoms with E-state index in [4.69, 9.17) is 26.1 Å². The van der Waals surface area contributed by atoms with Crippen LogP contribution in [0.2, 0.25) is 5.02 Å². The maximum Gasteiger partial charge on any atom is 0.325 e. The second-order valence-electron chi connectivity index (χ2n) is 3.02. The average molecular weight is 251 g/mol. The fourth-order valence-electron chi connectivity index (χ4n) is 1.01. The molecule has 4 nitrogen and oxygen atoms in total. The molecule has 0 spiro atoms. The fraction of sp³-hybridized carbons (Fsp3) is 0.333. The van der Waals surface area contributed by atoms with Crippen molar-refractivity contribution >= 4 is 19.2 Å². The molecule has 0 bridgehead atoms. The molecule has 0 radical (unpaired) electrons. The lowest BCUT2D eigenvalue weighted by Gasteiger charge is -2.07. The number of halogens is 1. The van der Waals surface area contributed by atoms with Crippen LogP contribution >= 0.6 is 19.2 Å². The summed E-state index contributed by atoms with van der Waals surface area (Å²) in [6, 6.07) is 6.97. The Morgan fingerprint density at radius 1 is 1.33 bits per heavy atom. The monoisotopic (exact) mass is 250 g/mol. The van der Waals surface area contributed by atoms with E-state index < -0.39 is 7.60 Å². The van der Waals surface area contributed by atoms with E-state index in [1.54, 1.807) is 24.3 Å². The van der Waals surface area contributed by atoms with Crippen molar-refractivity contribution in [3.63, 3.8) is 0 Å². The highest BCUT2D eigenvalue weighted by Gasteiger charge is 2.11. The van der Waals surface area contributed by atoms with Gasteiger partial charge in [0, 0.05) is 0 Å². The summed E-state index contributed by atoms with van der Waals surface area (Å²) in [7, 11) is -3.91. The molecule has 0 aliphatic heterocycles. The summed E-state index contributed by atoms with van der Waals surface area (Å²) >= 11 is 5.81. The highest BCUT2D eigenvalue weighted by Crippen LogP contribution is 2.34. The van der Waals surface area contributed by atoms with E-state index in [0.717, 1.165) is 0 Å². The average Bonchev–Trinajstić information content (AvgIpc) is 2.13. The van der Waals surface area contributed by atoms with Gasteiger partial charge in [0.25, 0.3) is 0 Å². The van der Waals surface area contributed by atoms with Gasteiger partial charge >= 0.3 is 7.60 Å². The molecule has 0 saturated carbocycles. The van der Waals surface area contributed by atoms with Crippen molar-refractivity contribution in [3.05, 3.63) is 29.3 Å². The Balaban J connectivity index is 2.33. The van der Waals surface area contributed by atoms with E-state index in [1.165, 1.54) is 0 Å². The Hall–Kier alpha value is -0.540. The van der Waals surface area contributed by atoms with E-state index in [-0.39, 0.29) is 12.8 Å². The molecule has 84 valence electrons. The highest BCUT2D eigenvalue weighted by molar-refractivity contribution is 7.51. The van der Waals surface area contributed by atoms with Crippen LogP contribution in [0.15, 0.2) is 24.3 Å². The van der Waals surface area contributed by atoms with Gasteiger partial charge in [-0.05, 0) is 18.6 Å². The zero-order valence-corrected chi connectivity index (χ0v) is 9.62. The summed E-state index contributed by atoms with van der Waals surface area (Å²) in [5, 5.41) is 0.494. The minimum Gasteiger partial charge on any atom is -0.492 e. The first-order chi connectivity index (χ1) is 6.99. The number of benzene rings is 1.